The van der Waals surface area contributed by atoms with E-state index in [1.807, 2.05) is 33.3 Å². The van der Waals surface area contributed by atoms with Crippen molar-refractivity contribution in [2.45, 2.75) is 251 Å². The topological polar surface area (TPSA) is 114 Å². The average Bonchev–Trinajstić information content (AvgIpc) is 3.39. The summed E-state index contributed by atoms with van der Waals surface area (Å²) < 4.78 is 30.3. The van der Waals surface area contributed by atoms with Gasteiger partial charge in [-0.1, -0.05) is 233 Å². The number of phosphoric ester groups is 1. The van der Waals surface area contributed by atoms with E-state index in [2.05, 4.69) is 135 Å². The fourth-order valence-electron chi connectivity index (χ4n) is 8.13. The SMILES string of the molecule is CC/C=C\C/C=C\C/C=C\C/C=C\C/C=C\CCCC(=O)NC(COP(=O)([O-])OCC[N+](C)(C)C)C(/C=C/CCCCCCCCCCCCC)OC(=O)CCCCCCC/C=C\C/C=C\C/C=C\C/C=C\CCCCC. The molecule has 0 aliphatic carbocycles. The molecule has 0 aromatic carbocycles. The normalized spacial score (nSPS) is 14.5. The van der Waals surface area contributed by atoms with Gasteiger partial charge in [0.15, 0.2) is 0 Å². The van der Waals surface area contributed by atoms with Crippen LogP contribution in [0.25, 0.3) is 0 Å². The Balaban J connectivity index is 5.43. The molecule has 1 amide bonds. The Bertz CT molecular complexity index is 1730. The summed E-state index contributed by atoms with van der Waals surface area (Å²) in [4.78, 5) is 40.0. The van der Waals surface area contributed by atoms with E-state index in [9.17, 15) is 19.0 Å². The van der Waals surface area contributed by atoms with Crippen LogP contribution >= 0.6 is 7.82 Å². The van der Waals surface area contributed by atoms with Gasteiger partial charge in [-0.25, -0.2) is 0 Å². The predicted octanol–water partition coefficient (Wildman–Crippen LogP) is 18.5. The van der Waals surface area contributed by atoms with Gasteiger partial charge in [0, 0.05) is 12.8 Å². The largest absolute Gasteiger partial charge is 0.756 e. The van der Waals surface area contributed by atoms with E-state index in [0.29, 0.717) is 23.9 Å². The Morgan fingerprint density at radius 2 is 0.844 bits per heavy atom. The Kier molecular flexibility index (Phi) is 53.1. The maximum absolute atomic E-state index is 13.5. The van der Waals surface area contributed by atoms with Crippen molar-refractivity contribution in [3.8, 4) is 0 Å². The number of carbonyl (C=O) groups is 2. The van der Waals surface area contributed by atoms with Gasteiger partial charge in [-0.2, -0.15) is 0 Å². The van der Waals surface area contributed by atoms with E-state index in [0.717, 1.165) is 109 Å². The number of quaternary nitrogens is 1. The maximum atomic E-state index is 13.5. The van der Waals surface area contributed by atoms with Gasteiger partial charge in [0.1, 0.15) is 19.3 Å². The number of ether oxygens (including phenoxy) is 1. The number of nitrogens with one attached hydrogen (secondary N) is 1. The number of amides is 1. The Labute approximate surface area is 473 Å². The van der Waals surface area contributed by atoms with Gasteiger partial charge in [-0.3, -0.25) is 14.2 Å². The molecule has 0 heterocycles. The van der Waals surface area contributed by atoms with E-state index >= 15 is 0 Å². The van der Waals surface area contributed by atoms with Crippen molar-refractivity contribution in [1.82, 2.24) is 5.32 Å². The minimum Gasteiger partial charge on any atom is -0.756 e. The van der Waals surface area contributed by atoms with Crippen LogP contribution in [0.1, 0.15) is 239 Å². The monoisotopic (exact) mass is 1090 g/mol. The van der Waals surface area contributed by atoms with Gasteiger partial charge in [0.25, 0.3) is 7.82 Å². The summed E-state index contributed by atoms with van der Waals surface area (Å²) in [6, 6.07) is -0.934. The summed E-state index contributed by atoms with van der Waals surface area (Å²) in [7, 11) is 1.12. The average molecular weight is 1090 g/mol. The standard InChI is InChI=1S/C67H115N2O7P/c1-7-10-13-16-19-22-25-28-30-32-33-34-35-37-39-42-45-48-51-54-57-60-67(71)76-65(58-55-52-49-46-43-40-27-24-21-18-15-12-9-3)64(63-75-77(72,73)74-62-61-69(4,5)6)68-66(70)59-56-53-50-47-44-41-38-36-31-29-26-23-20-17-14-11-8-2/h11,14,19-20,22-23,28-31,33-34,37-39,41,47,50,55,58,64-65H,7-10,12-13,15-18,21,24-27,32,35-36,40,42-46,48-49,51-54,56-57,59-63H2,1-6H3,(H-,68,70,72,73)/b14-11-,22-19-,23-20-,30-28-,31-29-,34-33-,39-37-,41-38-,50-47-,58-55+. The van der Waals surface area contributed by atoms with Crippen LogP contribution < -0.4 is 10.2 Å². The third kappa shape index (κ3) is 56.9. The lowest BCUT2D eigenvalue weighted by molar-refractivity contribution is -0.870. The van der Waals surface area contributed by atoms with E-state index in [-0.39, 0.29) is 31.3 Å². The molecule has 0 rings (SSSR count). The van der Waals surface area contributed by atoms with Crippen LogP contribution in [-0.2, 0) is 27.9 Å². The third-order valence-corrected chi connectivity index (χ3v) is 13.8. The molecule has 0 fully saturated rings. The van der Waals surface area contributed by atoms with Crippen LogP contribution in [0.3, 0.4) is 0 Å². The van der Waals surface area contributed by atoms with Crippen molar-refractivity contribution >= 4 is 19.7 Å². The Morgan fingerprint density at radius 3 is 1.30 bits per heavy atom. The van der Waals surface area contributed by atoms with Crippen LogP contribution in [0.5, 0.6) is 0 Å². The van der Waals surface area contributed by atoms with E-state index in [4.69, 9.17) is 13.8 Å². The zero-order chi connectivity index (χ0) is 56.4. The highest BCUT2D eigenvalue weighted by atomic mass is 31.2. The minimum absolute atomic E-state index is 0.0427. The molecule has 0 aliphatic heterocycles. The molecule has 3 unspecified atom stereocenters. The minimum atomic E-state index is -4.73. The summed E-state index contributed by atoms with van der Waals surface area (Å²) in [5, 5.41) is 2.98. The molecule has 10 heteroatoms. The van der Waals surface area contributed by atoms with Crippen molar-refractivity contribution < 1.29 is 37.3 Å². The van der Waals surface area contributed by atoms with Gasteiger partial charge >= 0.3 is 5.97 Å². The van der Waals surface area contributed by atoms with E-state index in [1.54, 1.807) is 0 Å². The van der Waals surface area contributed by atoms with Crippen LogP contribution in [0.4, 0.5) is 0 Å². The fraction of sp³-hybridized carbons (Fsp3) is 0.672. The van der Waals surface area contributed by atoms with Crippen molar-refractivity contribution in [1.29, 1.82) is 0 Å². The molecule has 0 aromatic heterocycles. The molecule has 77 heavy (non-hydrogen) atoms. The molecule has 3 atom stereocenters. The zero-order valence-electron chi connectivity index (χ0n) is 50.1. The second-order valence-electron chi connectivity index (χ2n) is 21.5. The predicted molar refractivity (Wildman–Crippen MR) is 330 cm³/mol. The number of likely N-dealkylation sites (N-methyl/N-ethyl adjacent to an activating group) is 1. The quantitative estimate of drug-likeness (QED) is 0.0212. The first-order valence-corrected chi connectivity index (χ1v) is 32.3. The zero-order valence-corrected chi connectivity index (χ0v) is 51.0. The van der Waals surface area contributed by atoms with Crippen molar-refractivity contribution in [3.63, 3.8) is 0 Å². The molecule has 0 aliphatic rings. The van der Waals surface area contributed by atoms with Gasteiger partial charge in [0.2, 0.25) is 5.91 Å². The summed E-state index contributed by atoms with van der Waals surface area (Å²) in [5.74, 6) is -0.638. The Hall–Kier alpha value is -3.59. The number of esters is 1. The van der Waals surface area contributed by atoms with Crippen LogP contribution in [0.2, 0.25) is 0 Å². The molecule has 440 valence electrons. The van der Waals surface area contributed by atoms with Gasteiger partial charge in [-0.05, 0) is 115 Å². The molecule has 0 spiro atoms. The molecule has 0 saturated carbocycles. The van der Waals surface area contributed by atoms with Crippen molar-refractivity contribution in [3.05, 3.63) is 122 Å². The first kappa shape index (κ1) is 73.4. The Morgan fingerprint density at radius 1 is 0.468 bits per heavy atom. The van der Waals surface area contributed by atoms with Crippen LogP contribution in [-0.4, -0.2) is 69.4 Å². The number of hydrogen-bond donors (Lipinski definition) is 1. The van der Waals surface area contributed by atoms with Gasteiger partial charge in [0.05, 0.1) is 33.8 Å². The molecule has 0 bridgehead atoms. The van der Waals surface area contributed by atoms with E-state index < -0.39 is 26.6 Å². The lowest BCUT2D eigenvalue weighted by Crippen LogP contribution is -2.47. The summed E-state index contributed by atoms with van der Waals surface area (Å²) in [6.07, 6.45) is 77.4. The number of allylic oxidation sites excluding steroid dienone is 19. The molecular weight excluding hydrogens is 976 g/mol. The molecule has 9 nitrogen and oxygen atoms in total. The number of rotatable bonds is 54. The van der Waals surface area contributed by atoms with Crippen molar-refractivity contribution in [2.24, 2.45) is 0 Å². The maximum Gasteiger partial charge on any atom is 0.306 e. The highest BCUT2D eigenvalue weighted by Crippen LogP contribution is 2.38. The molecule has 0 saturated heterocycles. The van der Waals surface area contributed by atoms with Crippen LogP contribution in [0.15, 0.2) is 122 Å². The highest BCUT2D eigenvalue weighted by Gasteiger charge is 2.27. The second-order valence-corrected chi connectivity index (χ2v) is 22.9. The molecule has 1 N–H and O–H groups in total. The lowest BCUT2D eigenvalue weighted by Gasteiger charge is -2.30. The number of nitrogens with zero attached hydrogens (tertiary/aromatic N) is 1. The first-order valence-electron chi connectivity index (χ1n) is 30.8. The van der Waals surface area contributed by atoms with E-state index in [1.165, 1.54) is 83.5 Å². The molecule has 0 radical (unpaired) electrons. The second kappa shape index (κ2) is 55.7. The number of carbonyl (C=O) groups excluding carboxylic acids is 2. The van der Waals surface area contributed by atoms with Gasteiger partial charge in [-0.15, -0.1) is 0 Å². The van der Waals surface area contributed by atoms with Crippen molar-refractivity contribution in [2.75, 3.05) is 40.9 Å². The summed E-state index contributed by atoms with van der Waals surface area (Å²) in [5.41, 5.74) is 0. The summed E-state index contributed by atoms with van der Waals surface area (Å²) >= 11 is 0. The molecule has 0 aromatic rings. The summed E-state index contributed by atoms with van der Waals surface area (Å²) in [6.45, 7) is 6.63. The lowest BCUT2D eigenvalue weighted by atomic mass is 10.0. The number of unbranched alkanes of at least 4 members (excludes halogenated alkanes) is 20. The third-order valence-electron chi connectivity index (χ3n) is 12.9. The first-order chi connectivity index (χ1) is 37.4. The smallest absolute Gasteiger partial charge is 0.306 e. The van der Waals surface area contributed by atoms with Gasteiger partial charge < -0.3 is 28.5 Å². The number of hydrogen-bond acceptors (Lipinski definition) is 7. The highest BCUT2D eigenvalue weighted by molar-refractivity contribution is 7.45. The fourth-order valence-corrected chi connectivity index (χ4v) is 8.85. The number of phosphoric acid groups is 1. The molecular formula is C67H115N2O7P. The van der Waals surface area contributed by atoms with Crippen LogP contribution in [0, 0.1) is 0 Å².